The van der Waals surface area contributed by atoms with E-state index in [9.17, 15) is 9.59 Å². The third kappa shape index (κ3) is 4.70. The van der Waals surface area contributed by atoms with Crippen molar-refractivity contribution >= 4 is 11.8 Å². The molecule has 0 heterocycles. The summed E-state index contributed by atoms with van der Waals surface area (Å²) in [7, 11) is 0. The molecule has 0 aliphatic heterocycles. The molecule has 0 unspecified atom stereocenters. The minimum Gasteiger partial charge on any atom is -0.462 e. The van der Waals surface area contributed by atoms with Crippen molar-refractivity contribution in [2.24, 2.45) is 5.41 Å². The molecule has 1 rings (SSSR count). The summed E-state index contributed by atoms with van der Waals surface area (Å²) in [5.41, 5.74) is 1.23. The lowest BCUT2D eigenvalue weighted by molar-refractivity contribution is 0.0464. The van der Waals surface area contributed by atoms with Crippen LogP contribution < -0.4 is 0 Å². The molecule has 0 spiro atoms. The summed E-state index contributed by atoms with van der Waals surface area (Å²) >= 11 is 0. The molecule has 0 saturated carbocycles. The monoisotopic (exact) mass is 248 g/mol. The van der Waals surface area contributed by atoms with Gasteiger partial charge in [-0.3, -0.25) is 4.79 Å². The number of benzene rings is 1. The lowest BCUT2D eigenvalue weighted by atomic mass is 9.93. The summed E-state index contributed by atoms with van der Waals surface area (Å²) in [4.78, 5) is 22.8. The first-order valence-corrected chi connectivity index (χ1v) is 6.08. The number of carbonyl (C=O) groups is 2. The number of carbonyl (C=O) groups excluding carboxylic acids is 2. The maximum atomic E-state index is 11.7. The Morgan fingerprint density at radius 2 is 1.56 bits per heavy atom. The van der Waals surface area contributed by atoms with Crippen molar-refractivity contribution in [3.63, 3.8) is 0 Å². The molecule has 1 aromatic rings. The first kappa shape index (κ1) is 14.4. The van der Waals surface area contributed by atoms with Gasteiger partial charge in [-0.05, 0) is 30.9 Å². The second-order valence-electron chi connectivity index (χ2n) is 5.58. The fourth-order valence-electron chi connectivity index (χ4n) is 1.37. The lowest BCUT2D eigenvalue weighted by Crippen LogP contribution is -2.13. The van der Waals surface area contributed by atoms with Gasteiger partial charge < -0.3 is 4.74 Å². The van der Waals surface area contributed by atoms with Crippen LogP contribution in [0.2, 0.25) is 0 Å². The van der Waals surface area contributed by atoms with Gasteiger partial charge in [0.1, 0.15) is 0 Å². The SMILES string of the molecule is CC(=O)c1ccc(C(=O)OCCC(C)(C)C)cc1. The van der Waals surface area contributed by atoms with Gasteiger partial charge in [0.05, 0.1) is 12.2 Å². The number of rotatable bonds is 4. The average Bonchev–Trinajstić information content (AvgIpc) is 2.27. The summed E-state index contributed by atoms with van der Waals surface area (Å²) in [6, 6.07) is 6.53. The summed E-state index contributed by atoms with van der Waals surface area (Å²) in [5.74, 6) is -0.350. The van der Waals surface area contributed by atoms with E-state index in [4.69, 9.17) is 4.74 Å². The van der Waals surface area contributed by atoms with Crippen LogP contribution in [-0.4, -0.2) is 18.4 Å². The minimum atomic E-state index is -0.339. The summed E-state index contributed by atoms with van der Waals surface area (Å²) in [6.45, 7) is 8.21. The minimum absolute atomic E-state index is 0.0114. The first-order chi connectivity index (χ1) is 8.29. The van der Waals surface area contributed by atoms with Crippen molar-refractivity contribution in [2.45, 2.75) is 34.1 Å². The molecule has 0 atom stereocenters. The number of esters is 1. The largest absolute Gasteiger partial charge is 0.462 e. The zero-order chi connectivity index (χ0) is 13.8. The Balaban J connectivity index is 2.54. The molecule has 0 fully saturated rings. The molecular formula is C15H20O3. The number of Topliss-reactive ketones (excluding diaryl/α,β-unsaturated/α-hetero) is 1. The van der Waals surface area contributed by atoms with Crippen LogP contribution in [0.25, 0.3) is 0 Å². The van der Waals surface area contributed by atoms with Gasteiger partial charge in [-0.1, -0.05) is 32.9 Å². The molecule has 0 amide bonds. The zero-order valence-electron chi connectivity index (χ0n) is 11.4. The zero-order valence-corrected chi connectivity index (χ0v) is 11.4. The highest BCUT2D eigenvalue weighted by Gasteiger charge is 2.12. The fourth-order valence-corrected chi connectivity index (χ4v) is 1.37. The molecule has 0 N–H and O–H groups in total. The second kappa shape index (κ2) is 5.80. The predicted molar refractivity (Wildman–Crippen MR) is 70.8 cm³/mol. The van der Waals surface area contributed by atoms with E-state index in [-0.39, 0.29) is 17.2 Å². The van der Waals surface area contributed by atoms with Crippen molar-refractivity contribution in [3.8, 4) is 0 Å². The molecule has 0 aromatic heterocycles. The number of hydrogen-bond acceptors (Lipinski definition) is 3. The van der Waals surface area contributed by atoms with Gasteiger partial charge in [0, 0.05) is 5.56 Å². The third-order valence-electron chi connectivity index (χ3n) is 2.61. The summed E-state index contributed by atoms with van der Waals surface area (Å²) in [6.07, 6.45) is 0.824. The fraction of sp³-hybridized carbons (Fsp3) is 0.467. The molecule has 0 radical (unpaired) electrons. The standard InChI is InChI=1S/C15H20O3/c1-11(16)12-5-7-13(8-6-12)14(17)18-10-9-15(2,3)4/h5-8H,9-10H2,1-4H3. The van der Waals surface area contributed by atoms with Crippen LogP contribution in [0.1, 0.15) is 54.8 Å². The Hall–Kier alpha value is -1.64. The smallest absolute Gasteiger partial charge is 0.338 e. The van der Waals surface area contributed by atoms with Crippen LogP contribution in [0.15, 0.2) is 24.3 Å². The highest BCUT2D eigenvalue weighted by Crippen LogP contribution is 2.18. The van der Waals surface area contributed by atoms with Crippen LogP contribution >= 0.6 is 0 Å². The first-order valence-electron chi connectivity index (χ1n) is 6.08. The molecule has 98 valence electrons. The van der Waals surface area contributed by atoms with Gasteiger partial charge in [0.15, 0.2) is 5.78 Å². The van der Waals surface area contributed by atoms with E-state index in [1.807, 2.05) is 0 Å². The maximum Gasteiger partial charge on any atom is 0.338 e. The predicted octanol–water partition coefficient (Wildman–Crippen LogP) is 3.48. The summed E-state index contributed by atoms with van der Waals surface area (Å²) < 4.78 is 5.18. The Morgan fingerprint density at radius 3 is 2.00 bits per heavy atom. The van der Waals surface area contributed by atoms with Crippen LogP contribution in [0.3, 0.4) is 0 Å². The van der Waals surface area contributed by atoms with Gasteiger partial charge in [-0.2, -0.15) is 0 Å². The highest BCUT2D eigenvalue weighted by atomic mass is 16.5. The van der Waals surface area contributed by atoms with Crippen molar-refractivity contribution in [1.82, 2.24) is 0 Å². The Labute approximate surface area is 108 Å². The Morgan fingerprint density at radius 1 is 1.06 bits per heavy atom. The molecule has 3 heteroatoms. The quantitative estimate of drug-likeness (QED) is 0.605. The van der Waals surface area contributed by atoms with Gasteiger partial charge in [-0.15, -0.1) is 0 Å². The molecular weight excluding hydrogens is 228 g/mol. The van der Waals surface area contributed by atoms with Crippen LogP contribution in [-0.2, 0) is 4.74 Å². The van der Waals surface area contributed by atoms with Crippen molar-refractivity contribution in [1.29, 1.82) is 0 Å². The molecule has 0 saturated heterocycles. The molecule has 0 aliphatic carbocycles. The van der Waals surface area contributed by atoms with Gasteiger partial charge in [0.25, 0.3) is 0 Å². The van der Waals surface area contributed by atoms with E-state index >= 15 is 0 Å². The van der Waals surface area contributed by atoms with E-state index < -0.39 is 0 Å². The summed E-state index contributed by atoms with van der Waals surface area (Å²) in [5, 5.41) is 0. The van der Waals surface area contributed by atoms with Crippen molar-refractivity contribution in [2.75, 3.05) is 6.61 Å². The molecule has 18 heavy (non-hydrogen) atoms. The van der Waals surface area contributed by atoms with Crippen molar-refractivity contribution < 1.29 is 14.3 Å². The lowest BCUT2D eigenvalue weighted by Gasteiger charge is -2.17. The molecule has 1 aromatic carbocycles. The molecule has 3 nitrogen and oxygen atoms in total. The Bertz CT molecular complexity index is 424. The normalized spacial score (nSPS) is 11.1. The average molecular weight is 248 g/mol. The maximum absolute atomic E-state index is 11.7. The van der Waals surface area contributed by atoms with E-state index in [1.165, 1.54) is 6.92 Å². The number of ketones is 1. The van der Waals surface area contributed by atoms with E-state index in [0.717, 1.165) is 6.42 Å². The van der Waals surface area contributed by atoms with Gasteiger partial charge in [-0.25, -0.2) is 4.79 Å². The van der Waals surface area contributed by atoms with E-state index in [1.54, 1.807) is 24.3 Å². The van der Waals surface area contributed by atoms with E-state index in [0.29, 0.717) is 17.7 Å². The molecule has 0 bridgehead atoms. The van der Waals surface area contributed by atoms with Crippen molar-refractivity contribution in [3.05, 3.63) is 35.4 Å². The van der Waals surface area contributed by atoms with Crippen LogP contribution in [0.5, 0.6) is 0 Å². The second-order valence-corrected chi connectivity index (χ2v) is 5.58. The third-order valence-corrected chi connectivity index (χ3v) is 2.61. The van der Waals surface area contributed by atoms with Crippen LogP contribution in [0, 0.1) is 5.41 Å². The Kier molecular flexibility index (Phi) is 4.65. The van der Waals surface area contributed by atoms with Gasteiger partial charge >= 0.3 is 5.97 Å². The van der Waals surface area contributed by atoms with Gasteiger partial charge in [0.2, 0.25) is 0 Å². The van der Waals surface area contributed by atoms with Crippen LogP contribution in [0.4, 0.5) is 0 Å². The topological polar surface area (TPSA) is 43.4 Å². The highest BCUT2D eigenvalue weighted by molar-refractivity contribution is 5.96. The number of ether oxygens (including phenoxy) is 1. The van der Waals surface area contributed by atoms with E-state index in [2.05, 4.69) is 20.8 Å². The molecule has 0 aliphatic rings. The number of hydrogen-bond donors (Lipinski definition) is 0.